The molecular weight excluding hydrogens is 1180 g/mol. The third-order valence-corrected chi connectivity index (χ3v) is 15.5. The van der Waals surface area contributed by atoms with Crippen LogP contribution in [0.4, 0.5) is 0 Å². The Bertz CT molecular complexity index is 695. The number of rotatable bonds is 4. The maximum absolute atomic E-state index is 4.88. The van der Waals surface area contributed by atoms with Crippen LogP contribution in [0.2, 0.25) is 0 Å². The Balaban J connectivity index is 0.000000315. The van der Waals surface area contributed by atoms with Crippen molar-refractivity contribution < 1.29 is 33.0 Å². The van der Waals surface area contributed by atoms with Crippen LogP contribution in [0.3, 0.4) is 0 Å². The Morgan fingerprint density at radius 1 is 0.474 bits per heavy atom. The van der Waals surface area contributed by atoms with E-state index in [1.165, 1.54) is 128 Å². The van der Waals surface area contributed by atoms with E-state index in [4.69, 9.17) is 37.7 Å². The second-order valence-corrected chi connectivity index (χ2v) is 23.4. The topological polar surface area (TPSA) is 0 Å². The summed E-state index contributed by atoms with van der Waals surface area (Å²) in [7, 11) is 19.5. The van der Waals surface area contributed by atoms with Crippen LogP contribution in [0, 0.1) is 0 Å². The van der Waals surface area contributed by atoms with Crippen LogP contribution in [0.25, 0.3) is 0 Å². The van der Waals surface area contributed by atoms with Crippen molar-refractivity contribution in [2.75, 3.05) is 0 Å². The first-order valence-corrected chi connectivity index (χ1v) is 30.1. The van der Waals surface area contributed by atoms with Crippen molar-refractivity contribution in [3.8, 4) is 0 Å². The first kappa shape index (κ1) is 39.6. The van der Waals surface area contributed by atoms with E-state index in [0.717, 1.165) is 0 Å². The van der Waals surface area contributed by atoms with E-state index in [-0.39, 0.29) is 0 Å². The van der Waals surface area contributed by atoms with Crippen LogP contribution in [-0.2, 0) is 33.0 Å². The molecule has 0 saturated carbocycles. The molecule has 10 heteroatoms. The molecule has 0 aromatic heterocycles. The molecule has 0 aromatic rings. The fourth-order valence-corrected chi connectivity index (χ4v) is 11.8. The summed E-state index contributed by atoms with van der Waals surface area (Å²) >= 11 is 7.09. The van der Waals surface area contributed by atoms with Gasteiger partial charge in [0.15, 0.2) is 0 Å². The Labute approximate surface area is 296 Å². The Kier molecular flexibility index (Phi) is 29.3. The zero-order valence-corrected chi connectivity index (χ0v) is 36.5. The Morgan fingerprint density at radius 2 is 0.789 bits per heavy atom. The van der Waals surface area contributed by atoms with Crippen molar-refractivity contribution in [2.24, 2.45) is 0 Å². The number of hydrogen-bond donors (Lipinski definition) is 0. The minimum absolute atomic E-state index is 0.472. The van der Waals surface area contributed by atoms with Gasteiger partial charge >= 0.3 is 300 Å². The molecule has 4 rings (SSSR count). The standard InChI is InChI=1S/2C14H21Se2.4ClH.2Pt/c2*15-13-10-6-3-7-11-14(13)16-12-8-4-1-2-5-9-12;;;;;;/h2*8H,1-7,9-11H2;4*1H;;/q;;;;;;2*+2/p-4. The van der Waals surface area contributed by atoms with Gasteiger partial charge in [0.1, 0.15) is 0 Å². The predicted octanol–water partition coefficient (Wildman–Crippen LogP) is 10.5. The van der Waals surface area contributed by atoms with E-state index in [2.05, 4.69) is 44.2 Å². The quantitative estimate of drug-likeness (QED) is 0.246. The first-order chi connectivity index (χ1) is 18.5. The number of hydrogen-bond acceptors (Lipinski definition) is 0. The molecule has 0 unspecified atom stereocenters. The summed E-state index contributed by atoms with van der Waals surface area (Å²) in [4.78, 5) is 0. The summed E-state index contributed by atoms with van der Waals surface area (Å²) in [5, 5.41) is 0. The third kappa shape index (κ3) is 20.5. The average molecular weight is 1230 g/mol. The van der Waals surface area contributed by atoms with Crippen molar-refractivity contribution in [3.05, 3.63) is 39.0 Å². The fraction of sp³-hybridized carbons (Fsp3) is 0.714. The van der Waals surface area contributed by atoms with Crippen LogP contribution >= 0.6 is 37.7 Å². The molecule has 0 fully saturated rings. The van der Waals surface area contributed by atoms with Gasteiger partial charge in [-0.25, -0.2) is 0 Å². The molecule has 0 aliphatic heterocycles. The molecule has 0 heterocycles. The van der Waals surface area contributed by atoms with Gasteiger partial charge in [-0.1, -0.05) is 0 Å². The van der Waals surface area contributed by atoms with E-state index in [1.807, 2.05) is 0 Å². The summed E-state index contributed by atoms with van der Waals surface area (Å²) in [6.45, 7) is 0. The van der Waals surface area contributed by atoms with Crippen molar-refractivity contribution in [2.45, 2.75) is 128 Å². The molecule has 0 bridgehead atoms. The van der Waals surface area contributed by atoms with Crippen LogP contribution in [0.1, 0.15) is 128 Å². The second-order valence-electron chi connectivity index (χ2n) is 9.65. The van der Waals surface area contributed by atoms with E-state index < -0.39 is 33.0 Å². The van der Waals surface area contributed by atoms with E-state index in [1.54, 1.807) is 26.8 Å². The van der Waals surface area contributed by atoms with Crippen molar-refractivity contribution in [3.63, 3.8) is 0 Å². The summed E-state index contributed by atoms with van der Waals surface area (Å²) in [5.74, 6) is 0. The summed E-state index contributed by atoms with van der Waals surface area (Å²) in [5.41, 5.74) is 0. The van der Waals surface area contributed by atoms with Crippen LogP contribution in [0.5, 0.6) is 0 Å². The van der Waals surface area contributed by atoms with Gasteiger partial charge in [0.05, 0.1) is 0 Å². The number of halogens is 4. The first-order valence-electron chi connectivity index (χ1n) is 13.7. The molecule has 0 spiro atoms. The molecule has 4 aliphatic rings. The molecule has 0 N–H and O–H groups in total. The van der Waals surface area contributed by atoms with Gasteiger partial charge in [0, 0.05) is 0 Å². The summed E-state index contributed by atoms with van der Waals surface area (Å²) in [6.07, 6.45) is 33.1. The van der Waals surface area contributed by atoms with Gasteiger partial charge in [-0.3, -0.25) is 0 Å². The molecule has 0 atom stereocenters. The molecule has 0 saturated heterocycles. The summed E-state index contributed by atoms with van der Waals surface area (Å²) in [6, 6.07) is 0. The van der Waals surface area contributed by atoms with Gasteiger partial charge < -0.3 is 0 Å². The SMILES string of the molecule is [Cl][Pt][Cl].[Cl][Pt][Cl].[Se]C1=C([Se]C2=CCCCCC2)CCCCC1.[Se]C1=C([Se]C2=CCCCCC2)CCCCC1. The number of allylic oxidation sites excluding steroid dienone is 8. The molecule has 38 heavy (non-hydrogen) atoms. The van der Waals surface area contributed by atoms with Crippen molar-refractivity contribution >= 4 is 99.6 Å². The van der Waals surface area contributed by atoms with E-state index >= 15 is 0 Å². The molecule has 0 amide bonds. The van der Waals surface area contributed by atoms with Gasteiger partial charge in [0.2, 0.25) is 0 Å². The monoisotopic (exact) mass is 1230 g/mol. The molecular formula is C28H42Cl4Pt2Se4. The minimum atomic E-state index is -0.472. The van der Waals surface area contributed by atoms with Crippen LogP contribution in [0.15, 0.2) is 39.0 Å². The molecule has 4 aliphatic carbocycles. The van der Waals surface area contributed by atoms with Crippen LogP contribution < -0.4 is 0 Å². The third-order valence-electron chi connectivity index (χ3n) is 6.74. The Morgan fingerprint density at radius 3 is 1.18 bits per heavy atom. The van der Waals surface area contributed by atoms with E-state index in [9.17, 15) is 0 Å². The maximum atomic E-state index is 4.88. The molecule has 0 nitrogen and oxygen atoms in total. The van der Waals surface area contributed by atoms with Gasteiger partial charge in [0.25, 0.3) is 0 Å². The van der Waals surface area contributed by atoms with E-state index in [0.29, 0.717) is 29.9 Å². The predicted molar refractivity (Wildman–Crippen MR) is 169 cm³/mol. The van der Waals surface area contributed by atoms with Gasteiger partial charge in [-0.05, 0) is 0 Å². The average Bonchev–Trinajstić information content (AvgIpc) is 3.46. The normalized spacial score (nSPS) is 21.1. The fourth-order valence-electron chi connectivity index (χ4n) is 4.74. The zero-order chi connectivity index (χ0) is 27.8. The van der Waals surface area contributed by atoms with Crippen LogP contribution in [-0.4, -0.2) is 61.9 Å². The molecule has 0 aromatic carbocycles. The zero-order valence-electron chi connectivity index (χ0n) is 22.1. The molecule has 226 valence electrons. The summed E-state index contributed by atoms with van der Waals surface area (Å²) < 4.78 is 10.4. The second kappa shape index (κ2) is 28.1. The Hall–Kier alpha value is 3.57. The van der Waals surface area contributed by atoms with Crippen molar-refractivity contribution in [1.82, 2.24) is 0 Å². The van der Waals surface area contributed by atoms with Gasteiger partial charge in [-0.2, -0.15) is 0 Å². The molecule has 2 radical (unpaired) electrons. The van der Waals surface area contributed by atoms with Crippen molar-refractivity contribution in [1.29, 1.82) is 0 Å². The van der Waals surface area contributed by atoms with Gasteiger partial charge in [-0.15, -0.1) is 0 Å².